The molecule has 2 aliphatic heterocycles. The third kappa shape index (κ3) is 3.88. The van der Waals surface area contributed by atoms with Gasteiger partial charge in [-0.1, -0.05) is 12.8 Å². The van der Waals surface area contributed by atoms with Crippen LogP contribution in [0, 0.1) is 0 Å². The second kappa shape index (κ2) is 7.85. The molecule has 7 heteroatoms. The smallest absolute Gasteiger partial charge is 0.227 e. The summed E-state index contributed by atoms with van der Waals surface area (Å²) < 4.78 is 5.41. The summed E-state index contributed by atoms with van der Waals surface area (Å²) in [5.41, 5.74) is 0. The van der Waals surface area contributed by atoms with E-state index >= 15 is 0 Å². The Bertz CT molecular complexity index is 558. The van der Waals surface area contributed by atoms with E-state index in [0.717, 1.165) is 77.1 Å². The van der Waals surface area contributed by atoms with Crippen molar-refractivity contribution in [3.05, 3.63) is 12.3 Å². The van der Waals surface area contributed by atoms with Gasteiger partial charge in [0.05, 0.1) is 19.3 Å². The van der Waals surface area contributed by atoms with Crippen molar-refractivity contribution in [2.75, 3.05) is 62.3 Å². The molecule has 2 saturated heterocycles. The third-order valence-corrected chi connectivity index (χ3v) is 5.72. The van der Waals surface area contributed by atoms with Gasteiger partial charge in [0.1, 0.15) is 5.82 Å². The van der Waals surface area contributed by atoms with E-state index in [0.29, 0.717) is 6.04 Å². The second-order valence-electron chi connectivity index (χ2n) is 7.26. The average molecular weight is 347 g/mol. The summed E-state index contributed by atoms with van der Waals surface area (Å²) in [6.07, 6.45) is 6.23. The highest BCUT2D eigenvalue weighted by molar-refractivity contribution is 5.44. The summed E-state index contributed by atoms with van der Waals surface area (Å²) in [5.74, 6) is 1.83. The van der Waals surface area contributed by atoms with E-state index in [4.69, 9.17) is 9.72 Å². The molecule has 3 heterocycles. The van der Waals surface area contributed by atoms with Gasteiger partial charge in [-0.05, 0) is 18.9 Å². The third-order valence-electron chi connectivity index (χ3n) is 5.72. The monoisotopic (exact) mass is 347 g/mol. The minimum Gasteiger partial charge on any atom is -0.391 e. The minimum absolute atomic E-state index is 0.146. The fourth-order valence-corrected chi connectivity index (χ4v) is 4.23. The molecule has 3 aliphatic rings. The van der Waals surface area contributed by atoms with Crippen LogP contribution in [0.5, 0.6) is 0 Å². The van der Waals surface area contributed by atoms with Crippen molar-refractivity contribution in [2.24, 2.45) is 0 Å². The van der Waals surface area contributed by atoms with Gasteiger partial charge >= 0.3 is 0 Å². The lowest BCUT2D eigenvalue weighted by molar-refractivity contribution is 0.0172. The lowest BCUT2D eigenvalue weighted by Gasteiger charge is -2.43. The molecule has 138 valence electrons. The maximum atomic E-state index is 10.3. The molecule has 1 saturated carbocycles. The number of hydrogen-bond donors (Lipinski definition) is 1. The van der Waals surface area contributed by atoms with Crippen molar-refractivity contribution in [2.45, 2.75) is 37.8 Å². The van der Waals surface area contributed by atoms with Crippen LogP contribution in [0.25, 0.3) is 0 Å². The fraction of sp³-hybridized carbons (Fsp3) is 0.778. The minimum atomic E-state index is -0.146. The summed E-state index contributed by atoms with van der Waals surface area (Å²) in [7, 11) is 0. The zero-order valence-corrected chi connectivity index (χ0v) is 14.9. The number of aliphatic hydroxyl groups is 1. The molecule has 7 nitrogen and oxygen atoms in total. The Hall–Kier alpha value is -1.44. The van der Waals surface area contributed by atoms with E-state index in [1.165, 1.54) is 12.8 Å². The van der Waals surface area contributed by atoms with E-state index in [1.54, 1.807) is 0 Å². The summed E-state index contributed by atoms with van der Waals surface area (Å²) in [6, 6.07) is 2.36. The maximum absolute atomic E-state index is 10.3. The molecule has 0 radical (unpaired) electrons. The second-order valence-corrected chi connectivity index (χ2v) is 7.26. The Kier molecular flexibility index (Phi) is 5.33. The molecule has 1 aromatic heterocycles. The first-order valence-electron chi connectivity index (χ1n) is 9.64. The quantitative estimate of drug-likeness (QED) is 0.865. The standard InChI is InChI=1S/C18H29N5O2/c24-16-4-2-1-3-15(16)21-7-9-22(10-8-21)17-5-6-19-18(20-17)23-11-13-25-14-12-23/h5-6,15-16,24H,1-4,7-14H2. The van der Waals surface area contributed by atoms with Crippen molar-refractivity contribution < 1.29 is 9.84 Å². The van der Waals surface area contributed by atoms with E-state index in [2.05, 4.69) is 19.7 Å². The van der Waals surface area contributed by atoms with Gasteiger partial charge in [0.15, 0.2) is 0 Å². The summed E-state index contributed by atoms with van der Waals surface area (Å²) in [5, 5.41) is 10.3. The summed E-state index contributed by atoms with van der Waals surface area (Å²) in [4.78, 5) is 16.3. The molecule has 0 bridgehead atoms. The van der Waals surface area contributed by atoms with Gasteiger partial charge in [-0.3, -0.25) is 4.90 Å². The van der Waals surface area contributed by atoms with Gasteiger partial charge in [-0.2, -0.15) is 4.98 Å². The SMILES string of the molecule is OC1CCCCC1N1CCN(c2ccnc(N3CCOCC3)n2)CC1. The van der Waals surface area contributed by atoms with Crippen LogP contribution in [0.2, 0.25) is 0 Å². The molecule has 2 unspecified atom stereocenters. The summed E-state index contributed by atoms with van der Waals surface area (Å²) in [6.45, 7) is 7.13. The molecule has 1 aliphatic carbocycles. The first kappa shape index (κ1) is 17.0. The highest BCUT2D eigenvalue weighted by Gasteiger charge is 2.31. The lowest BCUT2D eigenvalue weighted by atomic mass is 9.91. The molecular formula is C18H29N5O2. The Morgan fingerprint density at radius 3 is 2.48 bits per heavy atom. The maximum Gasteiger partial charge on any atom is 0.227 e. The van der Waals surface area contributed by atoms with Gasteiger partial charge in [-0.25, -0.2) is 4.98 Å². The topological polar surface area (TPSA) is 65.0 Å². The number of anilines is 2. The van der Waals surface area contributed by atoms with Crippen LogP contribution in [0.15, 0.2) is 12.3 Å². The van der Waals surface area contributed by atoms with Gasteiger partial charge in [0, 0.05) is 51.5 Å². The predicted octanol–water partition coefficient (Wildman–Crippen LogP) is 0.739. The van der Waals surface area contributed by atoms with Crippen molar-refractivity contribution in [1.29, 1.82) is 0 Å². The van der Waals surface area contributed by atoms with E-state index < -0.39 is 0 Å². The van der Waals surface area contributed by atoms with Crippen molar-refractivity contribution in [3.63, 3.8) is 0 Å². The van der Waals surface area contributed by atoms with Gasteiger partial charge < -0.3 is 19.6 Å². The first-order valence-corrected chi connectivity index (χ1v) is 9.64. The fourth-order valence-electron chi connectivity index (χ4n) is 4.23. The van der Waals surface area contributed by atoms with E-state index in [-0.39, 0.29) is 6.10 Å². The normalized spacial score (nSPS) is 29.0. The van der Waals surface area contributed by atoms with Crippen LogP contribution in [0.4, 0.5) is 11.8 Å². The zero-order valence-electron chi connectivity index (χ0n) is 14.9. The zero-order chi connectivity index (χ0) is 17.1. The van der Waals surface area contributed by atoms with Crippen LogP contribution >= 0.6 is 0 Å². The Morgan fingerprint density at radius 2 is 1.72 bits per heavy atom. The number of ether oxygens (including phenoxy) is 1. The summed E-state index contributed by atoms with van der Waals surface area (Å²) >= 11 is 0. The number of aromatic nitrogens is 2. The number of morpholine rings is 1. The van der Waals surface area contributed by atoms with Crippen molar-refractivity contribution in [3.8, 4) is 0 Å². The largest absolute Gasteiger partial charge is 0.391 e. The van der Waals surface area contributed by atoms with Crippen molar-refractivity contribution in [1.82, 2.24) is 14.9 Å². The number of piperazine rings is 1. The molecule has 1 N–H and O–H groups in total. The average Bonchev–Trinajstić information content (AvgIpc) is 2.69. The van der Waals surface area contributed by atoms with Crippen LogP contribution in [0.1, 0.15) is 25.7 Å². The van der Waals surface area contributed by atoms with Gasteiger partial charge in [0.2, 0.25) is 5.95 Å². The molecule has 3 fully saturated rings. The van der Waals surface area contributed by atoms with Crippen molar-refractivity contribution >= 4 is 11.8 Å². The first-order chi connectivity index (χ1) is 12.3. The molecule has 0 spiro atoms. The van der Waals surface area contributed by atoms with Crippen LogP contribution in [-0.4, -0.2) is 84.6 Å². The van der Waals surface area contributed by atoms with E-state index in [9.17, 15) is 5.11 Å². The number of hydrogen-bond acceptors (Lipinski definition) is 7. The molecule has 1 aromatic rings. The molecule has 4 rings (SSSR count). The highest BCUT2D eigenvalue weighted by atomic mass is 16.5. The molecular weight excluding hydrogens is 318 g/mol. The number of aliphatic hydroxyl groups excluding tert-OH is 1. The van der Waals surface area contributed by atoms with E-state index in [1.807, 2.05) is 12.3 Å². The molecule has 25 heavy (non-hydrogen) atoms. The number of rotatable bonds is 3. The predicted molar refractivity (Wildman–Crippen MR) is 97.1 cm³/mol. The van der Waals surface area contributed by atoms with Gasteiger partial charge in [0.25, 0.3) is 0 Å². The molecule has 0 amide bonds. The number of nitrogens with zero attached hydrogens (tertiary/aromatic N) is 5. The Balaban J connectivity index is 1.37. The Morgan fingerprint density at radius 1 is 0.960 bits per heavy atom. The van der Waals surface area contributed by atoms with Gasteiger partial charge in [-0.15, -0.1) is 0 Å². The Labute approximate surface area is 149 Å². The molecule has 0 aromatic carbocycles. The molecule has 2 atom stereocenters. The highest BCUT2D eigenvalue weighted by Crippen LogP contribution is 2.25. The lowest BCUT2D eigenvalue weighted by Crippen LogP contribution is -2.54. The van der Waals surface area contributed by atoms with Crippen LogP contribution in [0.3, 0.4) is 0 Å². The van der Waals surface area contributed by atoms with Crippen LogP contribution < -0.4 is 9.80 Å². The van der Waals surface area contributed by atoms with Crippen LogP contribution in [-0.2, 0) is 4.74 Å².